The van der Waals surface area contributed by atoms with Crippen LogP contribution in [0.2, 0.25) is 0 Å². The molecule has 0 amide bonds. The summed E-state index contributed by atoms with van der Waals surface area (Å²) in [7, 11) is 0. The van der Waals surface area contributed by atoms with Crippen molar-refractivity contribution in [3.8, 4) is 33.6 Å². The van der Waals surface area contributed by atoms with Gasteiger partial charge in [-0.15, -0.1) is 0 Å². The highest BCUT2D eigenvalue weighted by Gasteiger charge is 2.56. The molecule has 0 N–H and O–H groups in total. The van der Waals surface area contributed by atoms with Crippen molar-refractivity contribution in [2.45, 2.75) is 189 Å². The van der Waals surface area contributed by atoms with Crippen LogP contribution in [-0.2, 0) is 43.3 Å². The minimum Gasteiger partial charge on any atom is -0.310 e. The van der Waals surface area contributed by atoms with Crippen LogP contribution < -0.4 is 16.4 Å². The molecule has 5 heterocycles. The molecule has 8 aromatic carbocycles. The average molecular weight is 1050 g/mol. The van der Waals surface area contributed by atoms with E-state index in [1.807, 2.05) is 0 Å². The average Bonchev–Trinajstić information content (AvgIpc) is 4.11. The van der Waals surface area contributed by atoms with Gasteiger partial charge < -0.3 is 9.13 Å². The van der Waals surface area contributed by atoms with Crippen LogP contribution in [0.15, 0.2) is 121 Å². The van der Waals surface area contributed by atoms with E-state index in [1.165, 1.54) is 155 Å². The monoisotopic (exact) mass is 1050 g/mol. The summed E-state index contributed by atoms with van der Waals surface area (Å²) >= 11 is 0. The van der Waals surface area contributed by atoms with Gasteiger partial charge in [0.2, 0.25) is 0 Å². The lowest BCUT2D eigenvalue weighted by molar-refractivity contribution is 0.569. The van der Waals surface area contributed by atoms with Crippen molar-refractivity contribution in [3.63, 3.8) is 0 Å². The van der Waals surface area contributed by atoms with E-state index in [-0.39, 0.29) is 44.6 Å². The lowest BCUT2D eigenvalue weighted by atomic mass is 9.33. The first kappa shape index (κ1) is 51.6. The number of fused-ring (bicyclic) bond motifs is 14. The van der Waals surface area contributed by atoms with Crippen LogP contribution in [0.1, 0.15) is 207 Å². The largest absolute Gasteiger partial charge is 0.310 e. The lowest BCUT2D eigenvalue weighted by Gasteiger charge is -2.45. The van der Waals surface area contributed by atoms with Crippen LogP contribution in [0.25, 0.3) is 77.2 Å². The number of hydrogen-bond acceptors (Lipinski definition) is 0. The van der Waals surface area contributed by atoms with Crippen LogP contribution in [0.3, 0.4) is 0 Å². The summed E-state index contributed by atoms with van der Waals surface area (Å²) < 4.78 is 5.61. The Balaban J connectivity index is 1.32. The first-order chi connectivity index (χ1) is 37.1. The molecular formula is C77H83BN2. The molecule has 2 nitrogen and oxygen atoms in total. The smallest absolute Gasteiger partial charge is 0.252 e. The maximum atomic E-state index is 2.84. The minimum absolute atomic E-state index is 0.0131. The van der Waals surface area contributed by atoms with Gasteiger partial charge in [-0.3, -0.25) is 0 Å². The molecule has 10 aromatic rings. The predicted molar refractivity (Wildman–Crippen MR) is 347 cm³/mol. The van der Waals surface area contributed by atoms with Crippen LogP contribution >= 0.6 is 0 Å². The van der Waals surface area contributed by atoms with E-state index < -0.39 is 5.41 Å². The van der Waals surface area contributed by atoms with E-state index in [4.69, 9.17) is 0 Å². The van der Waals surface area contributed by atoms with E-state index in [2.05, 4.69) is 276 Å². The zero-order valence-electron chi connectivity index (χ0n) is 52.0. The fourth-order valence-electron chi connectivity index (χ4n) is 15.0. The molecule has 3 heteroatoms. The summed E-state index contributed by atoms with van der Waals surface area (Å²) in [6.07, 6.45) is 0. The van der Waals surface area contributed by atoms with Gasteiger partial charge in [-0.1, -0.05) is 236 Å². The van der Waals surface area contributed by atoms with Crippen molar-refractivity contribution in [2.24, 2.45) is 0 Å². The summed E-state index contributed by atoms with van der Waals surface area (Å²) in [6, 6.07) is 51.0. The zero-order valence-corrected chi connectivity index (χ0v) is 52.0. The highest BCUT2D eigenvalue weighted by molar-refractivity contribution is 7.00. The Morgan fingerprint density at radius 2 is 0.762 bits per heavy atom. The van der Waals surface area contributed by atoms with Crippen molar-refractivity contribution < 1.29 is 0 Å². The summed E-state index contributed by atoms with van der Waals surface area (Å²) in [4.78, 5) is 0. The van der Waals surface area contributed by atoms with Crippen molar-refractivity contribution in [2.75, 3.05) is 0 Å². The van der Waals surface area contributed by atoms with E-state index in [0.29, 0.717) is 0 Å². The highest BCUT2D eigenvalue weighted by atomic mass is 15.1. The van der Waals surface area contributed by atoms with Gasteiger partial charge >= 0.3 is 0 Å². The lowest BCUT2D eigenvalue weighted by Crippen LogP contribution is -2.60. The second-order valence-electron chi connectivity index (χ2n) is 32.4. The molecule has 0 bridgehead atoms. The molecule has 14 rings (SSSR count). The quantitative estimate of drug-likeness (QED) is 0.145. The van der Waals surface area contributed by atoms with Crippen molar-refractivity contribution in [3.05, 3.63) is 183 Å². The fraction of sp³-hybridized carbons (Fsp3) is 0.377. The van der Waals surface area contributed by atoms with Crippen molar-refractivity contribution in [1.82, 2.24) is 9.13 Å². The van der Waals surface area contributed by atoms with Gasteiger partial charge in [0.1, 0.15) is 0 Å². The fourth-order valence-corrected chi connectivity index (χ4v) is 15.0. The van der Waals surface area contributed by atoms with E-state index in [0.717, 1.165) is 0 Å². The van der Waals surface area contributed by atoms with Gasteiger partial charge in [0.05, 0.1) is 22.1 Å². The number of benzene rings is 8. The molecule has 1 spiro atoms. The second kappa shape index (κ2) is 15.5. The normalized spacial score (nSPS) is 15.4. The molecule has 0 saturated heterocycles. The Labute approximate surface area is 478 Å². The van der Waals surface area contributed by atoms with Gasteiger partial charge in [-0.25, -0.2) is 0 Å². The van der Waals surface area contributed by atoms with Gasteiger partial charge in [0.15, 0.2) is 0 Å². The van der Waals surface area contributed by atoms with E-state index in [9.17, 15) is 0 Å². The Morgan fingerprint density at radius 3 is 1.30 bits per heavy atom. The van der Waals surface area contributed by atoms with Crippen molar-refractivity contribution >= 4 is 66.7 Å². The molecule has 0 saturated carbocycles. The maximum Gasteiger partial charge on any atom is 0.252 e. The standard InChI is InChI=1S/C77H83BN2/c1-70(2,3)43-27-30-63-54(34-43)52-23-22-24-61-66(52)79(63)68-53(42-31-46(73(10,11)12)33-47(32-42)74(13,14)15)41-60-69-64(68)78(61)62-40-49(76(19,20)21)36-56-55-35-48(75(16,17)18)39-59(65(55)80(69)67(56)62)77(60)57-37-44(71(4,5)6)25-28-50(57)51-29-26-45(38-58(51)77)72(7,8)9/h22-41H,1-21H3. The topological polar surface area (TPSA) is 9.86 Å². The molecular weight excluding hydrogens is 964 g/mol. The molecule has 0 unspecified atom stereocenters. The SMILES string of the molecule is CC(C)(C)c1cc(-c2cc3c4c5c2-n2c6ccc(C(C)(C)C)cc6c6cccc(c62)B5c2cc(C(C)(C)C)cc5c6cc(C(C)(C)C)cc(c6n-4c25)C32c3cc(C(C)(C)C)ccc3-c3ccc(C(C)(C)C)cc32)cc(C(C)(C)C)c1. The summed E-state index contributed by atoms with van der Waals surface area (Å²) in [5.74, 6) is 0. The third-order valence-corrected chi connectivity index (χ3v) is 19.7. The molecule has 3 aliphatic heterocycles. The summed E-state index contributed by atoms with van der Waals surface area (Å²) in [5, 5.41) is 5.41. The Morgan fingerprint density at radius 1 is 0.312 bits per heavy atom. The molecule has 2 aromatic heterocycles. The molecule has 0 fully saturated rings. The Kier molecular flexibility index (Phi) is 9.99. The van der Waals surface area contributed by atoms with Gasteiger partial charge in [0.25, 0.3) is 6.71 Å². The van der Waals surface area contributed by atoms with Gasteiger partial charge in [-0.2, -0.15) is 0 Å². The number of rotatable bonds is 1. The Hall–Kier alpha value is -6.58. The number of aromatic nitrogens is 2. The highest BCUT2D eigenvalue weighted by Crippen LogP contribution is 2.64. The van der Waals surface area contributed by atoms with Crippen LogP contribution in [0, 0.1) is 0 Å². The molecule has 1 aliphatic carbocycles. The van der Waals surface area contributed by atoms with E-state index >= 15 is 0 Å². The summed E-state index contributed by atoms with van der Waals surface area (Å²) in [6.45, 7) is 50.4. The molecule has 4 aliphatic rings. The van der Waals surface area contributed by atoms with Crippen molar-refractivity contribution in [1.29, 1.82) is 0 Å². The number of nitrogens with zero attached hydrogens (tertiary/aromatic N) is 2. The molecule has 0 atom stereocenters. The first-order valence-electron chi connectivity index (χ1n) is 30.0. The number of para-hydroxylation sites is 1. The van der Waals surface area contributed by atoms with Gasteiger partial charge in [-0.05, 0) is 163 Å². The third-order valence-electron chi connectivity index (χ3n) is 19.7. The first-order valence-corrected chi connectivity index (χ1v) is 30.0. The Bertz CT molecular complexity index is 4340. The maximum absolute atomic E-state index is 2.84. The number of hydrogen-bond donors (Lipinski definition) is 0. The molecule has 0 radical (unpaired) electrons. The minimum atomic E-state index is -0.688. The van der Waals surface area contributed by atoms with E-state index in [1.54, 1.807) is 0 Å². The van der Waals surface area contributed by atoms with Gasteiger partial charge in [0, 0.05) is 43.8 Å². The van der Waals surface area contributed by atoms with Crippen LogP contribution in [-0.4, -0.2) is 15.8 Å². The van der Waals surface area contributed by atoms with Crippen LogP contribution in [0.4, 0.5) is 0 Å². The predicted octanol–water partition coefficient (Wildman–Crippen LogP) is 18.4. The summed E-state index contributed by atoms with van der Waals surface area (Å²) in [5.41, 5.74) is 31.6. The molecule has 80 heavy (non-hydrogen) atoms. The third kappa shape index (κ3) is 6.79. The zero-order chi connectivity index (χ0) is 57.0. The second-order valence-corrected chi connectivity index (χ2v) is 32.4. The molecule has 404 valence electrons. The van der Waals surface area contributed by atoms with Crippen LogP contribution in [0.5, 0.6) is 0 Å².